The summed E-state index contributed by atoms with van der Waals surface area (Å²) in [6, 6.07) is 6.49. The van der Waals surface area contributed by atoms with Crippen molar-refractivity contribution >= 4 is 17.9 Å². The molecule has 7 heteroatoms. The minimum atomic E-state index is -1.59. The molecule has 0 fully saturated rings. The number of carbonyl (C=O) groups is 3. The summed E-state index contributed by atoms with van der Waals surface area (Å²) >= 11 is 0. The van der Waals surface area contributed by atoms with E-state index in [1.165, 1.54) is 13.8 Å². The molecule has 0 aliphatic rings. The van der Waals surface area contributed by atoms with E-state index in [1.807, 2.05) is 0 Å². The lowest BCUT2D eigenvalue weighted by Gasteiger charge is -2.28. The van der Waals surface area contributed by atoms with Gasteiger partial charge in [0.25, 0.3) is 0 Å². The molecule has 108 valence electrons. The van der Waals surface area contributed by atoms with E-state index < -0.39 is 29.5 Å². The fourth-order valence-electron chi connectivity index (χ4n) is 1.65. The number of nitrogens with two attached hydrogens (primary N) is 1. The lowest BCUT2D eigenvalue weighted by molar-refractivity contribution is -0.147. The Morgan fingerprint density at radius 2 is 1.80 bits per heavy atom. The summed E-state index contributed by atoms with van der Waals surface area (Å²) in [5.41, 5.74) is 3.75. The van der Waals surface area contributed by atoms with Gasteiger partial charge in [-0.2, -0.15) is 0 Å². The first kappa shape index (κ1) is 15.5. The third kappa shape index (κ3) is 3.47. The van der Waals surface area contributed by atoms with Crippen molar-refractivity contribution < 1.29 is 19.5 Å². The van der Waals surface area contributed by atoms with Crippen molar-refractivity contribution in [1.29, 1.82) is 0 Å². The van der Waals surface area contributed by atoms with Crippen LogP contribution in [0.4, 0.5) is 4.79 Å². The quantitative estimate of drug-likeness (QED) is 0.613. The fourth-order valence-corrected chi connectivity index (χ4v) is 1.65. The number of carboxylic acids is 1. The van der Waals surface area contributed by atoms with E-state index in [0.29, 0.717) is 5.56 Å². The molecule has 3 amide bonds. The molecule has 0 aromatic heterocycles. The zero-order valence-corrected chi connectivity index (χ0v) is 11.2. The second kappa shape index (κ2) is 6.05. The highest BCUT2D eigenvalue weighted by Crippen LogP contribution is 2.21. The van der Waals surface area contributed by atoms with Crippen LogP contribution in [0.2, 0.25) is 0 Å². The Morgan fingerprint density at radius 1 is 1.25 bits per heavy atom. The number of primary amides is 1. The predicted molar refractivity (Wildman–Crippen MR) is 71.8 cm³/mol. The molecule has 0 heterocycles. The SMILES string of the molecule is CC(NC(N)=O)C(=O)NC(C)(C(=O)O)c1ccccc1. The van der Waals surface area contributed by atoms with E-state index in [2.05, 4.69) is 10.6 Å². The Hall–Kier alpha value is -2.57. The molecule has 0 aliphatic heterocycles. The number of carbonyl (C=O) groups excluding carboxylic acids is 2. The smallest absolute Gasteiger partial charge is 0.333 e. The van der Waals surface area contributed by atoms with Crippen molar-refractivity contribution in [2.75, 3.05) is 0 Å². The summed E-state index contributed by atoms with van der Waals surface area (Å²) in [6.45, 7) is 2.78. The van der Waals surface area contributed by atoms with Crippen molar-refractivity contribution in [1.82, 2.24) is 10.6 Å². The molecule has 2 atom stereocenters. The number of carboxylic acid groups (broad SMARTS) is 1. The molecule has 0 spiro atoms. The first-order valence-corrected chi connectivity index (χ1v) is 5.94. The van der Waals surface area contributed by atoms with Gasteiger partial charge in [-0.15, -0.1) is 0 Å². The number of benzene rings is 1. The highest BCUT2D eigenvalue weighted by Gasteiger charge is 2.37. The molecule has 0 radical (unpaired) electrons. The predicted octanol–water partition coefficient (Wildman–Crippen LogP) is 0.159. The van der Waals surface area contributed by atoms with Crippen LogP contribution >= 0.6 is 0 Å². The number of aliphatic carboxylic acids is 1. The number of nitrogens with one attached hydrogen (secondary N) is 2. The van der Waals surface area contributed by atoms with E-state index in [4.69, 9.17) is 5.73 Å². The molecule has 1 aromatic carbocycles. The van der Waals surface area contributed by atoms with Gasteiger partial charge < -0.3 is 21.5 Å². The standard InChI is InChI=1S/C13H17N3O4/c1-8(15-12(14)20)10(17)16-13(2,11(18)19)9-6-4-3-5-7-9/h3-8H,1-2H3,(H,16,17)(H,18,19)(H3,14,15,20). The molecule has 0 saturated heterocycles. The van der Waals surface area contributed by atoms with Gasteiger partial charge in [-0.1, -0.05) is 30.3 Å². The number of rotatable bonds is 5. The normalized spacial score (nSPS) is 14.7. The van der Waals surface area contributed by atoms with Crippen molar-refractivity contribution in [3.63, 3.8) is 0 Å². The molecule has 0 aliphatic carbocycles. The molecule has 7 nitrogen and oxygen atoms in total. The first-order valence-electron chi connectivity index (χ1n) is 5.94. The molecule has 1 rings (SSSR count). The maximum atomic E-state index is 11.9. The zero-order chi connectivity index (χ0) is 15.3. The number of hydrogen-bond acceptors (Lipinski definition) is 3. The van der Waals surface area contributed by atoms with Crippen LogP contribution in [0.5, 0.6) is 0 Å². The van der Waals surface area contributed by atoms with Gasteiger partial charge in [0, 0.05) is 0 Å². The monoisotopic (exact) mass is 279 g/mol. The molecule has 20 heavy (non-hydrogen) atoms. The molecule has 0 saturated carbocycles. The van der Waals surface area contributed by atoms with Crippen LogP contribution in [0, 0.1) is 0 Å². The lowest BCUT2D eigenvalue weighted by atomic mass is 9.91. The molecular formula is C13H17N3O4. The maximum absolute atomic E-state index is 11.9. The highest BCUT2D eigenvalue weighted by molar-refractivity contribution is 5.91. The molecule has 5 N–H and O–H groups in total. The third-order valence-corrected chi connectivity index (χ3v) is 2.90. The summed E-state index contributed by atoms with van der Waals surface area (Å²) < 4.78 is 0. The van der Waals surface area contributed by atoms with Crippen LogP contribution in [0.25, 0.3) is 0 Å². The van der Waals surface area contributed by atoms with Crippen LogP contribution in [0.1, 0.15) is 19.4 Å². The van der Waals surface area contributed by atoms with Gasteiger partial charge in [0.1, 0.15) is 6.04 Å². The topological polar surface area (TPSA) is 122 Å². The number of amides is 3. The Balaban J connectivity index is 2.96. The van der Waals surface area contributed by atoms with Crippen LogP contribution in [0.15, 0.2) is 30.3 Å². The summed E-state index contributed by atoms with van der Waals surface area (Å²) in [7, 11) is 0. The minimum Gasteiger partial charge on any atom is -0.479 e. The van der Waals surface area contributed by atoms with E-state index in [1.54, 1.807) is 30.3 Å². The summed E-state index contributed by atoms with van der Waals surface area (Å²) in [4.78, 5) is 34.1. The van der Waals surface area contributed by atoms with Crippen LogP contribution in [0.3, 0.4) is 0 Å². The largest absolute Gasteiger partial charge is 0.479 e. The number of hydrogen-bond donors (Lipinski definition) is 4. The minimum absolute atomic E-state index is 0.423. The average Bonchev–Trinajstić information content (AvgIpc) is 2.38. The van der Waals surface area contributed by atoms with E-state index in [0.717, 1.165) is 0 Å². The molecule has 0 bridgehead atoms. The Labute approximate surface area is 116 Å². The fraction of sp³-hybridized carbons (Fsp3) is 0.308. The zero-order valence-electron chi connectivity index (χ0n) is 11.2. The van der Waals surface area contributed by atoms with Gasteiger partial charge in [-0.3, -0.25) is 4.79 Å². The van der Waals surface area contributed by atoms with Crippen molar-refractivity contribution in [3.05, 3.63) is 35.9 Å². The summed E-state index contributed by atoms with van der Waals surface area (Å²) in [5.74, 6) is -1.85. The first-order chi connectivity index (χ1) is 9.27. The van der Waals surface area contributed by atoms with Gasteiger partial charge in [-0.05, 0) is 19.4 Å². The van der Waals surface area contributed by atoms with Crippen molar-refractivity contribution in [2.45, 2.75) is 25.4 Å². The van der Waals surface area contributed by atoms with Crippen molar-refractivity contribution in [2.24, 2.45) is 5.73 Å². The van der Waals surface area contributed by atoms with Gasteiger partial charge in [0.05, 0.1) is 0 Å². The second-order valence-electron chi connectivity index (χ2n) is 4.52. The maximum Gasteiger partial charge on any atom is 0.333 e. The Kier molecular flexibility index (Phi) is 4.68. The molecular weight excluding hydrogens is 262 g/mol. The van der Waals surface area contributed by atoms with Gasteiger partial charge in [-0.25, -0.2) is 9.59 Å². The highest BCUT2D eigenvalue weighted by atomic mass is 16.4. The second-order valence-corrected chi connectivity index (χ2v) is 4.52. The van der Waals surface area contributed by atoms with Crippen LogP contribution in [-0.2, 0) is 15.1 Å². The average molecular weight is 279 g/mol. The Bertz CT molecular complexity index is 518. The summed E-state index contributed by atoms with van der Waals surface area (Å²) in [5, 5.41) is 14.0. The summed E-state index contributed by atoms with van der Waals surface area (Å²) in [6.07, 6.45) is 0. The van der Waals surface area contributed by atoms with Crippen LogP contribution in [-0.4, -0.2) is 29.1 Å². The Morgan fingerprint density at radius 3 is 2.25 bits per heavy atom. The van der Waals surface area contributed by atoms with Crippen molar-refractivity contribution in [3.8, 4) is 0 Å². The van der Waals surface area contributed by atoms with E-state index >= 15 is 0 Å². The van der Waals surface area contributed by atoms with Gasteiger partial charge in [0.15, 0.2) is 5.54 Å². The van der Waals surface area contributed by atoms with Gasteiger partial charge >= 0.3 is 12.0 Å². The number of urea groups is 1. The van der Waals surface area contributed by atoms with Crippen LogP contribution < -0.4 is 16.4 Å². The van der Waals surface area contributed by atoms with Gasteiger partial charge in [0.2, 0.25) is 5.91 Å². The molecule has 2 unspecified atom stereocenters. The molecule has 1 aromatic rings. The van der Waals surface area contributed by atoms with E-state index in [9.17, 15) is 19.5 Å². The third-order valence-electron chi connectivity index (χ3n) is 2.90. The van der Waals surface area contributed by atoms with E-state index in [-0.39, 0.29) is 0 Å². The lowest BCUT2D eigenvalue weighted by Crippen LogP contribution is -2.55.